The Labute approximate surface area is 238 Å². The van der Waals surface area contributed by atoms with Gasteiger partial charge in [-0.2, -0.15) is 0 Å². The van der Waals surface area contributed by atoms with Crippen molar-refractivity contribution in [1.29, 1.82) is 0 Å². The molecular weight excluding hydrogens is 560 g/mol. The molecule has 210 valence electrons. The first-order valence-electron chi connectivity index (χ1n) is 12.6. The number of rotatable bonds is 8. The molecule has 3 amide bonds. The summed E-state index contributed by atoms with van der Waals surface area (Å²) in [5.41, 5.74) is 1.53. The van der Waals surface area contributed by atoms with E-state index < -0.39 is 17.8 Å². The van der Waals surface area contributed by atoms with Crippen molar-refractivity contribution in [2.45, 2.75) is 13.0 Å². The monoisotopic (exact) mass is 586 g/mol. The topological polar surface area (TPSA) is 119 Å². The number of carbonyl (C=O) groups excluding carboxylic acids is 3. The minimum atomic E-state index is -0.525. The van der Waals surface area contributed by atoms with Gasteiger partial charge < -0.3 is 24.4 Å². The highest BCUT2D eigenvalue weighted by Crippen LogP contribution is 2.26. The Morgan fingerprint density at radius 3 is 2.67 bits per heavy atom. The number of aromatic nitrogens is 1. The number of hydrogen-bond donors (Lipinski definition) is 1. The fourth-order valence-electron chi connectivity index (χ4n) is 4.46. The first-order valence-corrected chi connectivity index (χ1v) is 13.8. The van der Waals surface area contributed by atoms with E-state index in [0.29, 0.717) is 46.9 Å². The van der Waals surface area contributed by atoms with Crippen LogP contribution in [0.2, 0.25) is 4.34 Å². The van der Waals surface area contributed by atoms with Crippen LogP contribution in [0, 0.1) is 6.92 Å². The smallest absolute Gasteiger partial charge is 0.414 e. The molecule has 11 nitrogen and oxygen atoms in total. The molecule has 2 aliphatic rings. The van der Waals surface area contributed by atoms with E-state index in [9.17, 15) is 19.2 Å². The zero-order valence-electron chi connectivity index (χ0n) is 21.6. The number of ether oxygens (including phenoxy) is 3. The number of hydrogen-bond acceptors (Lipinski definition) is 8. The summed E-state index contributed by atoms with van der Waals surface area (Å²) < 4.78 is 18.2. The normalized spacial score (nSPS) is 17.1. The van der Waals surface area contributed by atoms with E-state index >= 15 is 0 Å². The highest BCUT2D eigenvalue weighted by molar-refractivity contribution is 7.18. The average molecular weight is 587 g/mol. The highest BCUT2D eigenvalue weighted by atomic mass is 35.5. The molecule has 0 bridgehead atoms. The van der Waals surface area contributed by atoms with Crippen molar-refractivity contribution < 1.29 is 28.6 Å². The molecular formula is C27H27ClN4O7S. The molecule has 0 aliphatic carbocycles. The Balaban J connectivity index is 1.23. The summed E-state index contributed by atoms with van der Waals surface area (Å²) in [5, 5.41) is 2.77. The Hall–Kier alpha value is -3.87. The molecule has 40 heavy (non-hydrogen) atoms. The zero-order valence-corrected chi connectivity index (χ0v) is 23.2. The molecule has 2 fully saturated rings. The molecule has 0 saturated carbocycles. The Morgan fingerprint density at radius 1 is 1.15 bits per heavy atom. The van der Waals surface area contributed by atoms with Crippen LogP contribution in [0.4, 0.5) is 10.5 Å². The molecule has 2 aromatic heterocycles. The number of benzene rings is 1. The van der Waals surface area contributed by atoms with Gasteiger partial charge in [0.05, 0.1) is 41.2 Å². The first-order chi connectivity index (χ1) is 19.3. The lowest BCUT2D eigenvalue weighted by molar-refractivity contribution is -0.137. The average Bonchev–Trinajstić information content (AvgIpc) is 3.56. The summed E-state index contributed by atoms with van der Waals surface area (Å²) >= 11 is 7.06. The number of thiophene rings is 1. The highest BCUT2D eigenvalue weighted by Gasteiger charge is 2.33. The molecule has 5 rings (SSSR count). The third kappa shape index (κ3) is 6.14. The molecule has 4 heterocycles. The molecule has 2 saturated heterocycles. The van der Waals surface area contributed by atoms with Crippen LogP contribution in [0.25, 0.3) is 5.69 Å². The van der Waals surface area contributed by atoms with Gasteiger partial charge in [0.2, 0.25) is 0 Å². The molecule has 0 spiro atoms. The summed E-state index contributed by atoms with van der Waals surface area (Å²) in [7, 11) is 0. The molecule has 1 atom stereocenters. The van der Waals surface area contributed by atoms with Crippen molar-refractivity contribution >= 4 is 46.5 Å². The Morgan fingerprint density at radius 2 is 1.95 bits per heavy atom. The first kappa shape index (κ1) is 27.7. The minimum absolute atomic E-state index is 0.0606. The molecule has 3 aromatic rings. The summed E-state index contributed by atoms with van der Waals surface area (Å²) in [4.78, 5) is 54.0. The van der Waals surface area contributed by atoms with E-state index in [4.69, 9.17) is 25.8 Å². The van der Waals surface area contributed by atoms with Gasteiger partial charge in [-0.3, -0.25) is 23.9 Å². The van der Waals surface area contributed by atoms with Crippen LogP contribution < -0.4 is 20.5 Å². The van der Waals surface area contributed by atoms with Crippen molar-refractivity contribution in [3.05, 3.63) is 73.8 Å². The molecule has 13 heteroatoms. The van der Waals surface area contributed by atoms with Crippen LogP contribution in [0.5, 0.6) is 5.75 Å². The van der Waals surface area contributed by atoms with Gasteiger partial charge in [-0.15, -0.1) is 11.3 Å². The van der Waals surface area contributed by atoms with E-state index in [1.54, 1.807) is 47.5 Å². The SMILES string of the molecule is Cc1cc(N2C[C@H](CNC(=O)c3ccc(Cl)s3)OC2=O)ccc1-n1cccc(OCC(=O)N2CCOCC2)c1=O. The molecule has 1 aromatic carbocycles. The number of nitrogens with zero attached hydrogens (tertiary/aromatic N) is 3. The quantitative estimate of drug-likeness (QED) is 0.431. The number of aryl methyl sites for hydroxylation is 1. The second-order valence-electron chi connectivity index (χ2n) is 9.23. The van der Waals surface area contributed by atoms with Gasteiger partial charge in [-0.1, -0.05) is 11.6 Å². The van der Waals surface area contributed by atoms with Gasteiger partial charge in [0.15, 0.2) is 12.4 Å². The number of anilines is 1. The van der Waals surface area contributed by atoms with Gasteiger partial charge in [0, 0.05) is 25.0 Å². The molecule has 0 radical (unpaired) electrons. The van der Waals surface area contributed by atoms with Crippen LogP contribution in [-0.2, 0) is 14.3 Å². The van der Waals surface area contributed by atoms with E-state index in [1.165, 1.54) is 26.9 Å². The van der Waals surface area contributed by atoms with Crippen molar-refractivity contribution in [2.75, 3.05) is 50.9 Å². The standard InChI is InChI=1S/C27H27ClN4O7S/c1-17-13-18(32-15-19(39-27(32)36)14-29-25(34)22-6-7-23(28)40-22)4-5-20(17)31-8-2-3-21(26(31)35)38-16-24(33)30-9-11-37-12-10-30/h2-8,13,19H,9-12,14-16H2,1H3,(H,29,34)/t19-/m0/s1. The van der Waals surface area contributed by atoms with Crippen molar-refractivity contribution in [3.8, 4) is 11.4 Å². The predicted molar refractivity (Wildman–Crippen MR) is 149 cm³/mol. The summed E-state index contributed by atoms with van der Waals surface area (Å²) in [6.07, 6.45) is 0.566. The van der Waals surface area contributed by atoms with Gasteiger partial charge in [0.25, 0.3) is 17.4 Å². The molecule has 0 unspecified atom stereocenters. The van der Waals surface area contributed by atoms with E-state index in [1.807, 2.05) is 6.92 Å². The number of amides is 3. The fraction of sp³-hybridized carbons (Fsp3) is 0.333. The van der Waals surface area contributed by atoms with E-state index in [2.05, 4.69) is 5.32 Å². The summed E-state index contributed by atoms with van der Waals surface area (Å²) in [6, 6.07) is 11.7. The maximum atomic E-state index is 13.1. The molecule has 1 N–H and O–H groups in total. The van der Waals surface area contributed by atoms with Crippen molar-refractivity contribution in [2.24, 2.45) is 0 Å². The van der Waals surface area contributed by atoms with Gasteiger partial charge in [0.1, 0.15) is 6.10 Å². The summed E-state index contributed by atoms with van der Waals surface area (Å²) in [6.45, 7) is 3.96. The number of nitrogens with one attached hydrogen (secondary N) is 1. The molecule has 2 aliphatic heterocycles. The number of halogens is 1. The van der Waals surface area contributed by atoms with Gasteiger partial charge >= 0.3 is 6.09 Å². The lowest BCUT2D eigenvalue weighted by Crippen LogP contribution is -2.43. The Kier molecular flexibility index (Phi) is 8.38. The van der Waals surface area contributed by atoms with Crippen LogP contribution in [-0.4, -0.2) is 79.5 Å². The van der Waals surface area contributed by atoms with Crippen LogP contribution in [0.1, 0.15) is 15.2 Å². The lowest BCUT2D eigenvalue weighted by Gasteiger charge is -2.26. The summed E-state index contributed by atoms with van der Waals surface area (Å²) in [5.74, 6) is -0.427. The zero-order chi connectivity index (χ0) is 28.2. The van der Waals surface area contributed by atoms with Gasteiger partial charge in [-0.25, -0.2) is 4.79 Å². The second-order valence-corrected chi connectivity index (χ2v) is 10.9. The maximum Gasteiger partial charge on any atom is 0.414 e. The van der Waals surface area contributed by atoms with Crippen LogP contribution >= 0.6 is 22.9 Å². The third-order valence-electron chi connectivity index (χ3n) is 6.54. The van der Waals surface area contributed by atoms with E-state index in [-0.39, 0.29) is 37.3 Å². The number of carbonyl (C=O) groups is 3. The van der Waals surface area contributed by atoms with Crippen molar-refractivity contribution in [3.63, 3.8) is 0 Å². The fourth-order valence-corrected chi connectivity index (χ4v) is 5.42. The third-order valence-corrected chi connectivity index (χ3v) is 7.77. The van der Waals surface area contributed by atoms with Crippen LogP contribution in [0.15, 0.2) is 53.5 Å². The maximum absolute atomic E-state index is 13.1. The van der Waals surface area contributed by atoms with Gasteiger partial charge in [-0.05, 0) is 55.0 Å². The second kappa shape index (κ2) is 12.1. The number of pyridine rings is 1. The Bertz CT molecular complexity index is 1480. The predicted octanol–water partition coefficient (Wildman–Crippen LogP) is 2.85. The largest absolute Gasteiger partial charge is 0.478 e. The van der Waals surface area contributed by atoms with Crippen LogP contribution in [0.3, 0.4) is 0 Å². The number of cyclic esters (lactones) is 1. The van der Waals surface area contributed by atoms with E-state index in [0.717, 1.165) is 5.56 Å². The number of morpholine rings is 1. The minimum Gasteiger partial charge on any atom is -0.478 e. The van der Waals surface area contributed by atoms with Crippen molar-refractivity contribution in [1.82, 2.24) is 14.8 Å². The lowest BCUT2D eigenvalue weighted by atomic mass is 10.1.